The number of carbonyl (C=O) groups excluding carboxylic acids is 3. The van der Waals surface area contributed by atoms with E-state index in [4.69, 9.17) is 9.47 Å². The number of likely N-dealkylation sites (tertiary alicyclic amines) is 1. The van der Waals surface area contributed by atoms with E-state index in [2.05, 4.69) is 27.1 Å². The number of pyridine rings is 1. The van der Waals surface area contributed by atoms with Gasteiger partial charge in [0, 0.05) is 26.2 Å². The van der Waals surface area contributed by atoms with Crippen LogP contribution in [0.3, 0.4) is 0 Å². The maximum atomic E-state index is 16.1. The summed E-state index contributed by atoms with van der Waals surface area (Å²) < 4.78 is 27.6. The first-order valence-corrected chi connectivity index (χ1v) is 12.5. The van der Waals surface area contributed by atoms with E-state index in [0.29, 0.717) is 37.2 Å². The monoisotopic (exact) mass is 542 g/mol. The van der Waals surface area contributed by atoms with Crippen LogP contribution in [0.2, 0.25) is 0 Å². The number of aliphatic imine (C=N–C) groups is 1. The third-order valence-corrected chi connectivity index (χ3v) is 6.98. The number of rotatable bonds is 7. The van der Waals surface area contributed by atoms with Gasteiger partial charge in [0.05, 0.1) is 37.1 Å². The maximum absolute atomic E-state index is 16.1. The minimum atomic E-state index is -1.81. The van der Waals surface area contributed by atoms with Gasteiger partial charge in [-0.15, -0.1) is 5.10 Å². The van der Waals surface area contributed by atoms with E-state index in [1.165, 1.54) is 23.2 Å². The van der Waals surface area contributed by atoms with Crippen LogP contribution in [0.1, 0.15) is 30.3 Å². The number of piperidine rings is 1. The summed E-state index contributed by atoms with van der Waals surface area (Å²) in [5.41, 5.74) is -0.834. The zero-order chi connectivity index (χ0) is 28.2. The van der Waals surface area contributed by atoms with Crippen LogP contribution >= 0.6 is 0 Å². The lowest BCUT2D eigenvalue weighted by molar-refractivity contribution is -0.138. The van der Waals surface area contributed by atoms with Gasteiger partial charge in [0.25, 0.3) is 11.8 Å². The molecule has 1 spiro atoms. The molecule has 12 nitrogen and oxygen atoms in total. The van der Waals surface area contributed by atoms with Crippen molar-refractivity contribution in [3.05, 3.63) is 46.9 Å². The van der Waals surface area contributed by atoms with Crippen LogP contribution in [0.4, 0.5) is 4.39 Å². The standard InChI is InChI=1S/C26H31FN6O6/c1-16-21(28-2)20(24(36)33(11-12-34)31-23(29-3)17-6-13-38-14-7-17)26(39-16)8-10-32(15-19(26)27)25(37)22-18(35)5-4-9-30-22/h4-6,9,12,16,19,28,35H,3,7-8,10-11,13-15H2,1-2H3/b31-23-. The number of aldehydes is 1. The Kier molecular flexibility index (Phi) is 8.51. The summed E-state index contributed by atoms with van der Waals surface area (Å²) in [7, 11) is 1.59. The van der Waals surface area contributed by atoms with Crippen molar-refractivity contribution in [3.63, 3.8) is 0 Å². The van der Waals surface area contributed by atoms with E-state index in [1.807, 2.05) is 0 Å². The Morgan fingerprint density at radius 2 is 2.26 bits per heavy atom. The number of hydrogen-bond donors (Lipinski definition) is 2. The molecular weight excluding hydrogens is 511 g/mol. The van der Waals surface area contributed by atoms with Gasteiger partial charge < -0.3 is 29.6 Å². The van der Waals surface area contributed by atoms with E-state index in [0.717, 1.165) is 5.01 Å². The molecule has 0 aromatic carbocycles. The second-order valence-corrected chi connectivity index (χ2v) is 9.22. The van der Waals surface area contributed by atoms with Gasteiger partial charge in [-0.1, -0.05) is 6.08 Å². The number of carbonyl (C=O) groups is 3. The molecule has 2 N–H and O–H groups in total. The molecule has 1 aromatic rings. The molecule has 2 amide bonds. The average Bonchev–Trinajstić information content (AvgIpc) is 3.24. The van der Waals surface area contributed by atoms with Gasteiger partial charge in [-0.05, 0) is 37.8 Å². The second kappa shape index (κ2) is 11.8. The van der Waals surface area contributed by atoms with Gasteiger partial charge in [-0.25, -0.2) is 19.4 Å². The Morgan fingerprint density at radius 3 is 2.87 bits per heavy atom. The Labute approximate surface area is 224 Å². The molecule has 0 bridgehead atoms. The quantitative estimate of drug-likeness (QED) is 0.225. The summed E-state index contributed by atoms with van der Waals surface area (Å²) in [5.74, 6) is -1.52. The van der Waals surface area contributed by atoms with Crippen LogP contribution in [0.25, 0.3) is 0 Å². The highest BCUT2D eigenvalue weighted by atomic mass is 19.1. The van der Waals surface area contributed by atoms with Gasteiger partial charge in [-0.2, -0.15) is 0 Å². The number of halogens is 1. The van der Waals surface area contributed by atoms with Crippen molar-refractivity contribution in [1.29, 1.82) is 0 Å². The largest absolute Gasteiger partial charge is 0.505 e. The van der Waals surface area contributed by atoms with E-state index >= 15 is 4.39 Å². The zero-order valence-corrected chi connectivity index (χ0v) is 21.8. The number of amides is 2. The number of aromatic nitrogens is 1. The van der Waals surface area contributed by atoms with Crippen LogP contribution in [0, 0.1) is 0 Å². The molecule has 0 radical (unpaired) electrons. The molecule has 1 saturated heterocycles. The van der Waals surface area contributed by atoms with Gasteiger partial charge >= 0.3 is 0 Å². The normalized spacial score (nSPS) is 25.4. The van der Waals surface area contributed by atoms with Crippen LogP contribution in [-0.4, -0.2) is 108 Å². The lowest BCUT2D eigenvalue weighted by Crippen LogP contribution is -2.58. The molecule has 0 aliphatic carbocycles. The molecule has 4 rings (SSSR count). The fourth-order valence-corrected chi connectivity index (χ4v) is 5.10. The number of hydrogen-bond acceptors (Lipinski definition) is 9. The van der Waals surface area contributed by atoms with Crippen molar-refractivity contribution < 1.29 is 33.4 Å². The number of aromatic hydroxyl groups is 1. The Balaban J connectivity index is 1.67. The van der Waals surface area contributed by atoms with Crippen LogP contribution in [0.5, 0.6) is 5.75 Å². The molecular formula is C26H31FN6O6. The summed E-state index contributed by atoms with van der Waals surface area (Å²) in [6, 6.07) is 2.80. The molecule has 3 aliphatic heterocycles. The van der Waals surface area contributed by atoms with Gasteiger partial charge in [-0.3, -0.25) is 9.59 Å². The molecule has 39 heavy (non-hydrogen) atoms. The summed E-state index contributed by atoms with van der Waals surface area (Å²) in [6.07, 6.45) is 1.59. The summed E-state index contributed by atoms with van der Waals surface area (Å²) in [4.78, 5) is 47.6. The highest BCUT2D eigenvalue weighted by Crippen LogP contribution is 2.45. The van der Waals surface area contributed by atoms with Crippen LogP contribution < -0.4 is 5.32 Å². The first-order chi connectivity index (χ1) is 18.8. The minimum absolute atomic E-state index is 0.00671. The van der Waals surface area contributed by atoms with Crippen molar-refractivity contribution in [1.82, 2.24) is 20.2 Å². The Morgan fingerprint density at radius 1 is 1.46 bits per heavy atom. The molecule has 13 heteroatoms. The molecule has 208 valence electrons. The topological polar surface area (TPSA) is 146 Å². The average molecular weight is 543 g/mol. The lowest BCUT2D eigenvalue weighted by atomic mass is 9.81. The molecule has 0 saturated carbocycles. The zero-order valence-electron chi connectivity index (χ0n) is 21.8. The second-order valence-electron chi connectivity index (χ2n) is 9.22. The van der Waals surface area contributed by atoms with Gasteiger partial charge in [0.15, 0.2) is 17.7 Å². The number of amidine groups is 1. The van der Waals surface area contributed by atoms with Crippen molar-refractivity contribution >= 4 is 30.7 Å². The van der Waals surface area contributed by atoms with E-state index < -0.39 is 42.8 Å². The summed E-state index contributed by atoms with van der Waals surface area (Å²) in [6.45, 7) is 5.23. The van der Waals surface area contributed by atoms with Crippen LogP contribution in [-0.2, 0) is 19.1 Å². The van der Waals surface area contributed by atoms with E-state index in [9.17, 15) is 19.5 Å². The SMILES string of the molecule is C=N/C(=N\N(CC=O)C(=O)C1=C(NC)C(C)OC12CCN(C(=O)c1ncccc1O)CC2F)C1=CCOCC1. The predicted octanol–water partition coefficient (Wildman–Crippen LogP) is 0.991. The fraction of sp³-hybridized carbons (Fsp3) is 0.462. The van der Waals surface area contributed by atoms with Crippen molar-refractivity contribution in [2.75, 3.05) is 39.9 Å². The minimum Gasteiger partial charge on any atom is -0.505 e. The summed E-state index contributed by atoms with van der Waals surface area (Å²) in [5, 5.41) is 18.2. The molecule has 4 heterocycles. The molecule has 3 atom stereocenters. The summed E-state index contributed by atoms with van der Waals surface area (Å²) >= 11 is 0. The molecule has 1 aromatic heterocycles. The highest BCUT2D eigenvalue weighted by molar-refractivity contribution is 6.03. The highest BCUT2D eigenvalue weighted by Gasteiger charge is 2.57. The van der Waals surface area contributed by atoms with E-state index in [-0.39, 0.29) is 35.8 Å². The number of ether oxygens (including phenoxy) is 2. The smallest absolute Gasteiger partial charge is 0.276 e. The first kappa shape index (κ1) is 28.0. The van der Waals surface area contributed by atoms with Gasteiger partial charge in [0.2, 0.25) is 0 Å². The molecule has 3 aliphatic rings. The maximum Gasteiger partial charge on any atom is 0.276 e. The Hall–Kier alpha value is -3.97. The first-order valence-electron chi connectivity index (χ1n) is 12.5. The fourth-order valence-electron chi connectivity index (χ4n) is 5.10. The third-order valence-electron chi connectivity index (χ3n) is 6.98. The van der Waals surface area contributed by atoms with Crippen molar-refractivity contribution in [3.8, 4) is 5.75 Å². The number of hydrazone groups is 1. The molecule has 1 fully saturated rings. The number of alkyl halides is 1. The molecule has 3 unspecified atom stereocenters. The Bertz CT molecular complexity index is 1250. The number of nitrogens with zero attached hydrogens (tertiary/aromatic N) is 5. The lowest BCUT2D eigenvalue weighted by Gasteiger charge is -2.43. The number of likely N-dealkylation sites (N-methyl/N-ethyl adjacent to an activating group) is 1. The van der Waals surface area contributed by atoms with E-state index in [1.54, 1.807) is 20.0 Å². The predicted molar refractivity (Wildman–Crippen MR) is 139 cm³/mol. The third kappa shape index (κ3) is 5.32. The van der Waals surface area contributed by atoms with Crippen LogP contribution in [0.15, 0.2) is 51.3 Å². The van der Waals surface area contributed by atoms with Gasteiger partial charge in [0.1, 0.15) is 24.2 Å². The number of nitrogens with one attached hydrogen (secondary N) is 1. The van der Waals surface area contributed by atoms with Crippen molar-refractivity contribution in [2.24, 2.45) is 10.1 Å². The van der Waals surface area contributed by atoms with Crippen molar-refractivity contribution in [2.45, 2.75) is 37.6 Å².